The molecule has 0 saturated heterocycles. The van der Waals surface area contributed by atoms with Gasteiger partial charge < -0.3 is 4.90 Å². The van der Waals surface area contributed by atoms with Crippen molar-refractivity contribution in [2.24, 2.45) is 0 Å². The fourth-order valence-electron chi connectivity index (χ4n) is 6.68. The Balaban J connectivity index is 1.22. The van der Waals surface area contributed by atoms with Crippen LogP contribution in [0.1, 0.15) is 0 Å². The van der Waals surface area contributed by atoms with Gasteiger partial charge in [0.25, 0.3) is 0 Å². The standard InChI is InChI=1S/C43H28N4/c1-4-12-29(13-5-1)34-24-32-18-11-21-41-42(32)36(26-34)37-28-44-23-22-40(37)47(41)35-20-10-19-33(25-35)43-45-38(30-14-6-2-7-15-30)27-39(46-43)31-16-8-3-9-17-31/h1-28H. The van der Waals surface area contributed by atoms with Crippen molar-refractivity contribution in [3.8, 4) is 56.2 Å². The van der Waals surface area contributed by atoms with Gasteiger partial charge in [-0.05, 0) is 64.5 Å². The second kappa shape index (κ2) is 11.2. The Morgan fingerprint density at radius 1 is 0.426 bits per heavy atom. The highest BCUT2D eigenvalue weighted by atomic mass is 15.2. The second-order valence-electron chi connectivity index (χ2n) is 11.7. The summed E-state index contributed by atoms with van der Waals surface area (Å²) in [5, 5.41) is 2.41. The Labute approximate surface area is 273 Å². The molecule has 0 spiro atoms. The van der Waals surface area contributed by atoms with Crippen LogP contribution >= 0.6 is 0 Å². The van der Waals surface area contributed by atoms with E-state index in [1.54, 1.807) is 0 Å². The van der Waals surface area contributed by atoms with E-state index in [9.17, 15) is 0 Å². The minimum absolute atomic E-state index is 0.685. The fourth-order valence-corrected chi connectivity index (χ4v) is 6.68. The molecule has 2 aromatic heterocycles. The van der Waals surface area contributed by atoms with Gasteiger partial charge in [-0.25, -0.2) is 9.97 Å². The van der Waals surface area contributed by atoms with E-state index in [0.717, 1.165) is 50.7 Å². The van der Waals surface area contributed by atoms with Gasteiger partial charge in [-0.15, -0.1) is 0 Å². The largest absolute Gasteiger partial charge is 0.309 e. The SMILES string of the molecule is c1ccc(-c2cc3c4c(cccc4c2)N(c2cccc(-c4nc(-c5ccccc5)cc(-c5ccccc5)n4)c2)c2ccncc2-3)cc1. The van der Waals surface area contributed by atoms with Crippen LogP contribution in [-0.4, -0.2) is 15.0 Å². The second-order valence-corrected chi connectivity index (χ2v) is 11.7. The first-order valence-corrected chi connectivity index (χ1v) is 15.8. The maximum absolute atomic E-state index is 5.10. The number of pyridine rings is 1. The molecule has 220 valence electrons. The van der Waals surface area contributed by atoms with Crippen molar-refractivity contribution in [2.45, 2.75) is 0 Å². The van der Waals surface area contributed by atoms with Crippen molar-refractivity contribution in [1.82, 2.24) is 15.0 Å². The van der Waals surface area contributed by atoms with Crippen molar-refractivity contribution in [3.05, 3.63) is 170 Å². The highest BCUT2D eigenvalue weighted by Gasteiger charge is 2.27. The summed E-state index contributed by atoms with van der Waals surface area (Å²) in [7, 11) is 0. The fraction of sp³-hybridized carbons (Fsp3) is 0. The zero-order chi connectivity index (χ0) is 31.2. The molecule has 0 N–H and O–H groups in total. The molecule has 0 bridgehead atoms. The zero-order valence-corrected chi connectivity index (χ0v) is 25.5. The molecular weight excluding hydrogens is 573 g/mol. The van der Waals surface area contributed by atoms with Gasteiger partial charge in [0.2, 0.25) is 0 Å². The lowest BCUT2D eigenvalue weighted by atomic mass is 9.88. The molecule has 0 amide bonds. The molecule has 0 unspecified atom stereocenters. The molecule has 47 heavy (non-hydrogen) atoms. The molecule has 3 heterocycles. The van der Waals surface area contributed by atoms with Crippen molar-refractivity contribution < 1.29 is 0 Å². The summed E-state index contributed by atoms with van der Waals surface area (Å²) >= 11 is 0. The molecule has 9 rings (SSSR count). The van der Waals surface area contributed by atoms with E-state index in [2.05, 4.69) is 131 Å². The number of benzene rings is 6. The minimum Gasteiger partial charge on any atom is -0.309 e. The third-order valence-electron chi connectivity index (χ3n) is 8.86. The van der Waals surface area contributed by atoms with E-state index in [0.29, 0.717) is 5.82 Å². The van der Waals surface area contributed by atoms with Gasteiger partial charge in [-0.2, -0.15) is 0 Å². The van der Waals surface area contributed by atoms with E-state index in [1.165, 1.54) is 27.5 Å². The normalized spacial score (nSPS) is 11.8. The molecule has 0 radical (unpaired) electrons. The van der Waals surface area contributed by atoms with Crippen LogP contribution in [0.4, 0.5) is 17.1 Å². The molecule has 1 aliphatic rings. The van der Waals surface area contributed by atoms with Crippen LogP contribution in [0.15, 0.2) is 170 Å². The van der Waals surface area contributed by atoms with E-state index in [1.807, 2.05) is 48.8 Å². The smallest absolute Gasteiger partial charge is 0.160 e. The van der Waals surface area contributed by atoms with E-state index >= 15 is 0 Å². The van der Waals surface area contributed by atoms with Gasteiger partial charge in [0.1, 0.15) is 0 Å². The van der Waals surface area contributed by atoms with Crippen LogP contribution in [0.3, 0.4) is 0 Å². The van der Waals surface area contributed by atoms with Crippen LogP contribution in [0.2, 0.25) is 0 Å². The summed E-state index contributed by atoms with van der Waals surface area (Å²) in [5.74, 6) is 0.685. The summed E-state index contributed by atoms with van der Waals surface area (Å²) in [5.41, 5.74) is 12.8. The van der Waals surface area contributed by atoms with Crippen molar-refractivity contribution in [2.75, 3.05) is 4.90 Å². The predicted molar refractivity (Wildman–Crippen MR) is 193 cm³/mol. The van der Waals surface area contributed by atoms with E-state index < -0.39 is 0 Å². The summed E-state index contributed by atoms with van der Waals surface area (Å²) in [4.78, 5) is 17.1. The first kappa shape index (κ1) is 27.0. The lowest BCUT2D eigenvalue weighted by molar-refractivity contribution is 1.18. The summed E-state index contributed by atoms with van der Waals surface area (Å²) in [6, 6.07) is 55.1. The number of aromatic nitrogens is 3. The highest BCUT2D eigenvalue weighted by Crippen LogP contribution is 2.51. The van der Waals surface area contributed by atoms with Crippen LogP contribution < -0.4 is 4.90 Å². The maximum Gasteiger partial charge on any atom is 0.160 e. The van der Waals surface area contributed by atoms with Crippen molar-refractivity contribution >= 4 is 27.8 Å². The van der Waals surface area contributed by atoms with Crippen LogP contribution in [0, 0.1) is 0 Å². The highest BCUT2D eigenvalue weighted by molar-refractivity contribution is 6.15. The number of hydrogen-bond donors (Lipinski definition) is 0. The quantitative estimate of drug-likeness (QED) is 0.197. The van der Waals surface area contributed by atoms with Gasteiger partial charge in [0, 0.05) is 45.7 Å². The predicted octanol–water partition coefficient (Wildman–Crippen LogP) is 11.1. The molecule has 4 nitrogen and oxygen atoms in total. The summed E-state index contributed by atoms with van der Waals surface area (Å²) in [6.45, 7) is 0. The maximum atomic E-state index is 5.10. The lowest BCUT2D eigenvalue weighted by Crippen LogP contribution is -2.15. The Morgan fingerprint density at radius 2 is 1.06 bits per heavy atom. The van der Waals surface area contributed by atoms with Crippen LogP contribution in [-0.2, 0) is 0 Å². The minimum atomic E-state index is 0.685. The average molecular weight is 601 g/mol. The zero-order valence-electron chi connectivity index (χ0n) is 25.5. The van der Waals surface area contributed by atoms with Crippen LogP contribution in [0.5, 0.6) is 0 Å². The molecule has 8 aromatic rings. The molecule has 0 fully saturated rings. The molecule has 1 aliphatic heterocycles. The lowest BCUT2D eigenvalue weighted by Gasteiger charge is -2.33. The summed E-state index contributed by atoms with van der Waals surface area (Å²) in [6.07, 6.45) is 3.87. The number of hydrogen-bond acceptors (Lipinski definition) is 4. The van der Waals surface area contributed by atoms with Crippen molar-refractivity contribution in [1.29, 1.82) is 0 Å². The molecule has 6 aromatic carbocycles. The number of fused-ring (bicyclic) bond motifs is 2. The van der Waals surface area contributed by atoms with Gasteiger partial charge in [0.15, 0.2) is 5.82 Å². The van der Waals surface area contributed by atoms with E-state index in [-0.39, 0.29) is 0 Å². The molecule has 4 heteroatoms. The molecular formula is C43H28N4. The Kier molecular flexibility index (Phi) is 6.43. The van der Waals surface area contributed by atoms with Gasteiger partial charge in [-0.1, -0.05) is 115 Å². The van der Waals surface area contributed by atoms with Gasteiger partial charge in [0.05, 0.1) is 22.8 Å². The molecule has 0 aliphatic carbocycles. The molecule has 0 saturated carbocycles. The topological polar surface area (TPSA) is 41.9 Å². The van der Waals surface area contributed by atoms with Gasteiger partial charge >= 0.3 is 0 Å². The van der Waals surface area contributed by atoms with Crippen LogP contribution in [0.25, 0.3) is 66.9 Å². The monoisotopic (exact) mass is 600 g/mol. The van der Waals surface area contributed by atoms with Gasteiger partial charge in [-0.3, -0.25) is 4.98 Å². The number of nitrogens with zero attached hydrogens (tertiary/aromatic N) is 4. The Hall–Kier alpha value is -6.39. The van der Waals surface area contributed by atoms with E-state index in [4.69, 9.17) is 9.97 Å². The third-order valence-corrected chi connectivity index (χ3v) is 8.86. The first-order chi connectivity index (χ1) is 23.3. The Morgan fingerprint density at radius 3 is 1.77 bits per heavy atom. The van der Waals surface area contributed by atoms with Crippen molar-refractivity contribution in [3.63, 3.8) is 0 Å². The first-order valence-electron chi connectivity index (χ1n) is 15.8. The number of anilines is 3. The average Bonchev–Trinajstić information content (AvgIpc) is 3.16. The third kappa shape index (κ3) is 4.75. The Bertz CT molecular complexity index is 2350. The summed E-state index contributed by atoms with van der Waals surface area (Å²) < 4.78 is 0. The number of rotatable bonds is 5. The molecule has 0 atom stereocenters.